The van der Waals surface area contributed by atoms with Crippen molar-refractivity contribution >= 4 is 0 Å². The van der Waals surface area contributed by atoms with Gasteiger partial charge in [-0.2, -0.15) is 0 Å². The lowest BCUT2D eigenvalue weighted by Gasteiger charge is -2.23. The van der Waals surface area contributed by atoms with E-state index in [1.165, 1.54) is 11.1 Å². The van der Waals surface area contributed by atoms with Crippen molar-refractivity contribution in [3.8, 4) is 5.75 Å². The maximum atomic E-state index is 6.05. The molecule has 0 radical (unpaired) electrons. The molecule has 118 valence electrons. The molecule has 2 unspecified atom stereocenters. The Kier molecular flexibility index (Phi) is 5.28. The standard InChI is InChI=1S/C18H29NO2/c1-13-8-14(2)10-17(9-13)20-12-16-7-6-15(21-16)11-19-18(3,4)5/h8-10,15-16,19H,6-7,11-12H2,1-5H3. The van der Waals surface area contributed by atoms with Gasteiger partial charge in [0.25, 0.3) is 0 Å². The number of rotatable bonds is 5. The van der Waals surface area contributed by atoms with Crippen LogP contribution in [0.25, 0.3) is 0 Å². The van der Waals surface area contributed by atoms with Crippen LogP contribution in [0.2, 0.25) is 0 Å². The van der Waals surface area contributed by atoms with Crippen LogP contribution in [0, 0.1) is 13.8 Å². The molecule has 0 saturated carbocycles. The summed E-state index contributed by atoms with van der Waals surface area (Å²) in [4.78, 5) is 0. The van der Waals surface area contributed by atoms with E-state index in [9.17, 15) is 0 Å². The number of ether oxygens (including phenoxy) is 2. The molecule has 1 fully saturated rings. The van der Waals surface area contributed by atoms with Crippen molar-refractivity contribution in [3.05, 3.63) is 29.3 Å². The van der Waals surface area contributed by atoms with Crippen molar-refractivity contribution in [2.45, 2.75) is 65.2 Å². The molecule has 21 heavy (non-hydrogen) atoms. The lowest BCUT2D eigenvalue weighted by atomic mass is 10.1. The topological polar surface area (TPSA) is 30.5 Å². The van der Waals surface area contributed by atoms with Crippen LogP contribution in [-0.2, 0) is 4.74 Å². The molecule has 1 saturated heterocycles. The highest BCUT2D eigenvalue weighted by Gasteiger charge is 2.26. The van der Waals surface area contributed by atoms with Gasteiger partial charge in [-0.3, -0.25) is 0 Å². The molecular weight excluding hydrogens is 262 g/mol. The van der Waals surface area contributed by atoms with Crippen molar-refractivity contribution in [3.63, 3.8) is 0 Å². The largest absolute Gasteiger partial charge is 0.491 e. The summed E-state index contributed by atoms with van der Waals surface area (Å²) in [6, 6.07) is 6.33. The number of nitrogens with one attached hydrogen (secondary N) is 1. The Morgan fingerprint density at radius 1 is 1.10 bits per heavy atom. The Labute approximate surface area is 129 Å². The summed E-state index contributed by atoms with van der Waals surface area (Å²) in [5, 5.41) is 3.51. The SMILES string of the molecule is Cc1cc(C)cc(OCC2CCC(CNC(C)(C)C)O2)c1. The van der Waals surface area contributed by atoms with E-state index in [0.717, 1.165) is 25.1 Å². The summed E-state index contributed by atoms with van der Waals surface area (Å²) in [5.74, 6) is 0.951. The molecular formula is C18H29NO2. The van der Waals surface area contributed by atoms with Crippen LogP contribution in [-0.4, -0.2) is 30.9 Å². The van der Waals surface area contributed by atoms with Crippen molar-refractivity contribution in [1.29, 1.82) is 0 Å². The van der Waals surface area contributed by atoms with E-state index < -0.39 is 0 Å². The fourth-order valence-electron chi connectivity index (χ4n) is 2.68. The van der Waals surface area contributed by atoms with E-state index >= 15 is 0 Å². The zero-order valence-electron chi connectivity index (χ0n) is 14.0. The minimum atomic E-state index is 0.150. The Hall–Kier alpha value is -1.06. The van der Waals surface area contributed by atoms with Gasteiger partial charge in [-0.25, -0.2) is 0 Å². The number of benzene rings is 1. The first-order valence-corrected chi connectivity index (χ1v) is 7.93. The van der Waals surface area contributed by atoms with Gasteiger partial charge in [0.15, 0.2) is 0 Å². The van der Waals surface area contributed by atoms with Crippen molar-refractivity contribution < 1.29 is 9.47 Å². The molecule has 1 aromatic rings. The maximum Gasteiger partial charge on any atom is 0.119 e. The van der Waals surface area contributed by atoms with Crippen LogP contribution >= 0.6 is 0 Å². The van der Waals surface area contributed by atoms with Gasteiger partial charge in [0.05, 0.1) is 12.2 Å². The predicted molar refractivity (Wildman–Crippen MR) is 87.1 cm³/mol. The Balaban J connectivity index is 1.75. The molecule has 0 amide bonds. The normalized spacial score (nSPS) is 22.5. The molecule has 3 heteroatoms. The first-order valence-electron chi connectivity index (χ1n) is 7.93. The molecule has 1 aromatic carbocycles. The third-order valence-electron chi connectivity index (χ3n) is 3.69. The molecule has 2 rings (SSSR count). The van der Waals surface area contributed by atoms with Gasteiger partial charge in [0.1, 0.15) is 12.4 Å². The average molecular weight is 291 g/mol. The lowest BCUT2D eigenvalue weighted by Crippen LogP contribution is -2.41. The molecule has 2 atom stereocenters. The molecule has 1 N–H and O–H groups in total. The minimum Gasteiger partial charge on any atom is -0.491 e. The number of hydrogen-bond donors (Lipinski definition) is 1. The van der Waals surface area contributed by atoms with Crippen LogP contribution in [0.15, 0.2) is 18.2 Å². The first kappa shape index (κ1) is 16.3. The quantitative estimate of drug-likeness (QED) is 0.899. The van der Waals surface area contributed by atoms with Crippen LogP contribution in [0.1, 0.15) is 44.7 Å². The summed E-state index contributed by atoms with van der Waals surface area (Å²) in [7, 11) is 0. The van der Waals surface area contributed by atoms with Crippen LogP contribution in [0.5, 0.6) is 5.75 Å². The highest BCUT2D eigenvalue weighted by atomic mass is 16.5. The summed E-state index contributed by atoms with van der Waals surface area (Å²) < 4.78 is 12.0. The molecule has 0 aromatic heterocycles. The van der Waals surface area contributed by atoms with Crippen molar-refractivity contribution in [2.75, 3.05) is 13.2 Å². The smallest absolute Gasteiger partial charge is 0.119 e. The van der Waals surface area contributed by atoms with E-state index in [4.69, 9.17) is 9.47 Å². The van der Waals surface area contributed by atoms with Gasteiger partial charge in [-0.05, 0) is 70.7 Å². The fraction of sp³-hybridized carbons (Fsp3) is 0.667. The monoisotopic (exact) mass is 291 g/mol. The van der Waals surface area contributed by atoms with Crippen molar-refractivity contribution in [2.24, 2.45) is 0 Å². The number of aryl methyl sites for hydroxylation is 2. The third-order valence-corrected chi connectivity index (χ3v) is 3.69. The van der Waals surface area contributed by atoms with Gasteiger partial charge >= 0.3 is 0 Å². The van der Waals surface area contributed by atoms with Crippen LogP contribution in [0.3, 0.4) is 0 Å². The summed E-state index contributed by atoms with van der Waals surface area (Å²) in [6.07, 6.45) is 2.74. The molecule has 1 heterocycles. The zero-order chi connectivity index (χ0) is 15.5. The maximum absolute atomic E-state index is 6.05. The van der Waals surface area contributed by atoms with E-state index in [1.54, 1.807) is 0 Å². The lowest BCUT2D eigenvalue weighted by molar-refractivity contribution is 0.0162. The average Bonchev–Trinajstić information content (AvgIpc) is 2.80. The molecule has 1 aliphatic heterocycles. The molecule has 3 nitrogen and oxygen atoms in total. The van der Waals surface area contributed by atoms with E-state index in [0.29, 0.717) is 12.7 Å². The Morgan fingerprint density at radius 2 is 1.71 bits per heavy atom. The van der Waals surface area contributed by atoms with Crippen LogP contribution in [0.4, 0.5) is 0 Å². The molecule has 0 aliphatic carbocycles. The van der Waals surface area contributed by atoms with Gasteiger partial charge in [0, 0.05) is 12.1 Å². The second-order valence-corrected chi connectivity index (χ2v) is 7.22. The summed E-state index contributed by atoms with van der Waals surface area (Å²) in [5.41, 5.74) is 2.63. The summed E-state index contributed by atoms with van der Waals surface area (Å²) >= 11 is 0. The second-order valence-electron chi connectivity index (χ2n) is 7.22. The van der Waals surface area contributed by atoms with E-state index in [2.05, 4.69) is 58.1 Å². The second kappa shape index (κ2) is 6.80. The molecule has 0 spiro atoms. The van der Waals surface area contributed by atoms with Crippen LogP contribution < -0.4 is 10.1 Å². The van der Waals surface area contributed by atoms with E-state index in [1.807, 2.05) is 0 Å². The first-order chi connectivity index (χ1) is 9.82. The Morgan fingerprint density at radius 3 is 2.33 bits per heavy atom. The highest BCUT2D eigenvalue weighted by molar-refractivity contribution is 5.33. The fourth-order valence-corrected chi connectivity index (χ4v) is 2.68. The molecule has 1 aliphatic rings. The number of hydrogen-bond acceptors (Lipinski definition) is 3. The highest BCUT2D eigenvalue weighted by Crippen LogP contribution is 2.22. The predicted octanol–water partition coefficient (Wildman–Crippen LogP) is 3.62. The van der Waals surface area contributed by atoms with Gasteiger partial charge in [-0.15, -0.1) is 0 Å². The van der Waals surface area contributed by atoms with Crippen molar-refractivity contribution in [1.82, 2.24) is 5.32 Å². The molecule has 0 bridgehead atoms. The third kappa shape index (κ3) is 5.68. The van der Waals surface area contributed by atoms with E-state index in [-0.39, 0.29) is 11.6 Å². The Bertz CT molecular complexity index is 445. The van der Waals surface area contributed by atoms with Gasteiger partial charge in [-0.1, -0.05) is 6.07 Å². The zero-order valence-corrected chi connectivity index (χ0v) is 14.0. The minimum absolute atomic E-state index is 0.150. The van der Waals surface area contributed by atoms with Gasteiger partial charge < -0.3 is 14.8 Å². The van der Waals surface area contributed by atoms with Gasteiger partial charge in [0.2, 0.25) is 0 Å². The summed E-state index contributed by atoms with van der Waals surface area (Å²) in [6.45, 7) is 12.3.